The van der Waals surface area contributed by atoms with Crippen LogP contribution in [0.1, 0.15) is 41.9 Å². The molecule has 0 spiro atoms. The van der Waals surface area contributed by atoms with Gasteiger partial charge in [-0.25, -0.2) is 0 Å². The Hall–Kier alpha value is -3.34. The van der Waals surface area contributed by atoms with Crippen LogP contribution in [0.25, 0.3) is 5.76 Å². The number of ketones is 1. The van der Waals surface area contributed by atoms with Crippen LogP contribution in [-0.4, -0.2) is 16.7 Å². The second kappa shape index (κ2) is 9.37. The molecular weight excluding hydrogens is 479 g/mol. The third-order valence-electron chi connectivity index (χ3n) is 6.64. The zero-order valence-corrected chi connectivity index (χ0v) is 20.7. The van der Waals surface area contributed by atoms with E-state index < -0.39 is 5.92 Å². The number of hydrogen-bond acceptors (Lipinski definition) is 3. The second-order valence-electron chi connectivity index (χ2n) is 8.86. The number of nitrogens with zero attached hydrogens (tertiary/aromatic N) is 1. The summed E-state index contributed by atoms with van der Waals surface area (Å²) in [6.45, 7) is 1.97. The Morgan fingerprint density at radius 3 is 2.29 bits per heavy atom. The number of aliphatic hydroxyl groups excluding tert-OH is 1. The molecule has 4 nitrogen and oxygen atoms in total. The predicted molar refractivity (Wildman–Crippen MR) is 142 cm³/mol. The van der Waals surface area contributed by atoms with Crippen molar-refractivity contribution in [2.45, 2.75) is 32.1 Å². The number of anilines is 1. The highest BCUT2D eigenvalue weighted by Gasteiger charge is 2.44. The van der Waals surface area contributed by atoms with Crippen LogP contribution in [0.15, 0.2) is 89.6 Å². The van der Waals surface area contributed by atoms with Crippen LogP contribution in [0.2, 0.25) is 10.0 Å². The van der Waals surface area contributed by atoms with Gasteiger partial charge < -0.3 is 5.11 Å². The van der Waals surface area contributed by atoms with E-state index in [9.17, 15) is 15.3 Å². The van der Waals surface area contributed by atoms with Crippen LogP contribution in [0.5, 0.6) is 0 Å². The minimum absolute atomic E-state index is 0.00469. The summed E-state index contributed by atoms with van der Waals surface area (Å²) in [5, 5.41) is 21.9. The summed E-state index contributed by atoms with van der Waals surface area (Å²) < 4.78 is 0. The van der Waals surface area contributed by atoms with E-state index in [0.29, 0.717) is 57.3 Å². The van der Waals surface area contributed by atoms with Crippen molar-refractivity contribution in [1.29, 1.82) is 5.41 Å². The number of benzene rings is 3. The van der Waals surface area contributed by atoms with E-state index >= 15 is 0 Å². The van der Waals surface area contributed by atoms with Gasteiger partial charge in [0, 0.05) is 39.8 Å². The summed E-state index contributed by atoms with van der Waals surface area (Å²) in [5.41, 5.74) is 4.55. The Labute approximate surface area is 214 Å². The third kappa shape index (κ3) is 4.07. The fourth-order valence-corrected chi connectivity index (χ4v) is 5.44. The fourth-order valence-electron chi connectivity index (χ4n) is 4.98. The van der Waals surface area contributed by atoms with Gasteiger partial charge in [0.1, 0.15) is 11.6 Å². The van der Waals surface area contributed by atoms with Crippen molar-refractivity contribution in [2.24, 2.45) is 0 Å². The highest BCUT2D eigenvalue weighted by Crippen LogP contribution is 2.49. The molecule has 1 atom stereocenters. The highest BCUT2D eigenvalue weighted by molar-refractivity contribution is 6.35. The van der Waals surface area contributed by atoms with Crippen LogP contribution in [0.4, 0.5) is 5.69 Å². The molecule has 1 aliphatic heterocycles. The Kier molecular flexibility index (Phi) is 6.26. The number of halogens is 2. The Morgan fingerprint density at radius 1 is 0.943 bits per heavy atom. The van der Waals surface area contributed by atoms with Crippen LogP contribution < -0.4 is 4.90 Å². The van der Waals surface area contributed by atoms with Gasteiger partial charge in [-0.15, -0.1) is 0 Å². The maximum atomic E-state index is 13.5. The first-order chi connectivity index (χ1) is 16.9. The van der Waals surface area contributed by atoms with Gasteiger partial charge in [0.25, 0.3) is 0 Å². The summed E-state index contributed by atoms with van der Waals surface area (Å²) in [6.07, 6.45) is 1.71. The molecule has 1 aliphatic carbocycles. The van der Waals surface area contributed by atoms with Crippen LogP contribution in [0.3, 0.4) is 0 Å². The third-order valence-corrected chi connectivity index (χ3v) is 7.31. The molecule has 0 bridgehead atoms. The number of para-hydroxylation sites is 1. The largest absolute Gasteiger partial charge is 0.507 e. The van der Waals surface area contributed by atoms with Crippen molar-refractivity contribution < 1.29 is 9.90 Å². The molecule has 0 fully saturated rings. The number of nitrogens with one attached hydrogen (secondary N) is 1. The number of allylic oxidation sites excluding steroid dienone is 2. The molecule has 176 valence electrons. The summed E-state index contributed by atoms with van der Waals surface area (Å²) in [7, 11) is 0. The van der Waals surface area contributed by atoms with Gasteiger partial charge >= 0.3 is 0 Å². The minimum Gasteiger partial charge on any atom is -0.507 e. The van der Waals surface area contributed by atoms with E-state index in [1.54, 1.807) is 17.0 Å². The number of Topliss-reactive ketones (excluding diaryl/α,β-unsaturated/α-hetero) is 1. The smallest absolute Gasteiger partial charge is 0.161 e. The molecule has 2 aliphatic rings. The summed E-state index contributed by atoms with van der Waals surface area (Å²) in [5.74, 6) is -0.648. The molecule has 0 saturated carbocycles. The van der Waals surface area contributed by atoms with Crippen molar-refractivity contribution in [3.8, 4) is 0 Å². The van der Waals surface area contributed by atoms with Crippen molar-refractivity contribution in [3.05, 3.63) is 116 Å². The van der Waals surface area contributed by atoms with Crippen LogP contribution >= 0.6 is 23.2 Å². The number of carbonyl (C=O) groups is 1. The molecule has 1 unspecified atom stereocenters. The van der Waals surface area contributed by atoms with Crippen LogP contribution in [0, 0.1) is 12.3 Å². The molecule has 35 heavy (non-hydrogen) atoms. The molecule has 1 heterocycles. The lowest BCUT2D eigenvalue weighted by atomic mass is 9.73. The number of aliphatic hydroxyl groups is 1. The predicted octanol–water partition coefficient (Wildman–Crippen LogP) is 7.86. The van der Waals surface area contributed by atoms with Gasteiger partial charge in [-0.3, -0.25) is 15.1 Å². The molecular formula is C29H24Cl2N2O2. The zero-order valence-electron chi connectivity index (χ0n) is 19.2. The van der Waals surface area contributed by atoms with E-state index in [2.05, 4.69) is 0 Å². The van der Waals surface area contributed by atoms with E-state index in [1.807, 2.05) is 67.6 Å². The van der Waals surface area contributed by atoms with E-state index in [1.165, 1.54) is 0 Å². The first-order valence-corrected chi connectivity index (χ1v) is 12.3. The lowest BCUT2D eigenvalue weighted by Gasteiger charge is -2.42. The van der Waals surface area contributed by atoms with Gasteiger partial charge in [0.15, 0.2) is 5.78 Å². The molecule has 3 aromatic carbocycles. The van der Waals surface area contributed by atoms with Gasteiger partial charge in [-0.1, -0.05) is 83.4 Å². The van der Waals surface area contributed by atoms with Gasteiger partial charge in [-0.2, -0.15) is 0 Å². The molecule has 0 saturated heterocycles. The maximum absolute atomic E-state index is 13.5. The lowest BCUT2D eigenvalue weighted by Crippen LogP contribution is -2.42. The zero-order chi connectivity index (χ0) is 24.7. The Balaban J connectivity index is 1.86. The van der Waals surface area contributed by atoms with E-state index in [4.69, 9.17) is 23.2 Å². The molecule has 0 aromatic heterocycles. The normalized spacial score (nSPS) is 19.6. The van der Waals surface area contributed by atoms with Gasteiger partial charge in [0.05, 0.1) is 10.7 Å². The fraction of sp³-hybridized carbons (Fsp3) is 0.172. The Bertz CT molecular complexity index is 1410. The molecule has 6 heteroatoms. The highest BCUT2D eigenvalue weighted by atomic mass is 35.5. The quantitative estimate of drug-likeness (QED) is 0.358. The number of carbonyl (C=O) groups excluding carboxylic acids is 1. The van der Waals surface area contributed by atoms with Crippen LogP contribution in [-0.2, 0) is 4.79 Å². The van der Waals surface area contributed by atoms with Crippen molar-refractivity contribution in [1.82, 2.24) is 0 Å². The SMILES string of the molecule is Cc1ccc(/C(O)=C2\C(=N)N(c3ccccc3Cl)C3=C(C(=O)CCC3)C2c2ccccc2Cl)cc1. The number of amidine groups is 1. The van der Waals surface area contributed by atoms with Crippen molar-refractivity contribution >= 4 is 46.3 Å². The van der Waals surface area contributed by atoms with Crippen molar-refractivity contribution in [3.63, 3.8) is 0 Å². The first-order valence-electron chi connectivity index (χ1n) is 11.5. The average Bonchev–Trinajstić information content (AvgIpc) is 2.85. The maximum Gasteiger partial charge on any atom is 0.161 e. The molecule has 3 aromatic rings. The monoisotopic (exact) mass is 502 g/mol. The molecule has 0 radical (unpaired) electrons. The summed E-state index contributed by atoms with van der Waals surface area (Å²) in [6, 6.07) is 22.1. The topological polar surface area (TPSA) is 64.4 Å². The molecule has 5 rings (SSSR count). The standard InChI is InChI=1S/C29H24Cl2N2O2/c1-17-13-15-18(16-14-17)28(35)27-25(19-7-2-3-8-20(19)30)26-23(11-6-12-24(26)34)33(29(27)32)22-10-5-4-9-21(22)31/h2-5,7-10,13-16,25,32,35H,6,11-12H2,1H3/b28-27+,32-29?. The van der Waals surface area contributed by atoms with Gasteiger partial charge in [-0.05, 0) is 43.5 Å². The molecule has 0 amide bonds. The van der Waals surface area contributed by atoms with E-state index in [0.717, 1.165) is 11.3 Å². The van der Waals surface area contributed by atoms with Gasteiger partial charge in [0.2, 0.25) is 0 Å². The average molecular weight is 503 g/mol. The number of aryl methyl sites for hydroxylation is 1. The van der Waals surface area contributed by atoms with E-state index in [-0.39, 0.29) is 17.4 Å². The van der Waals surface area contributed by atoms with Crippen molar-refractivity contribution in [2.75, 3.05) is 4.90 Å². The Morgan fingerprint density at radius 2 is 1.60 bits per heavy atom. The summed E-state index contributed by atoms with van der Waals surface area (Å²) >= 11 is 13.2. The second-order valence-corrected chi connectivity index (χ2v) is 9.67. The first kappa shape index (κ1) is 23.4. The number of rotatable bonds is 3. The number of hydrogen-bond donors (Lipinski definition) is 2. The summed E-state index contributed by atoms with van der Waals surface area (Å²) in [4.78, 5) is 15.2. The molecule has 2 N–H and O–H groups in total. The lowest BCUT2D eigenvalue weighted by molar-refractivity contribution is -0.116. The minimum atomic E-state index is -0.668.